The van der Waals surface area contributed by atoms with Crippen molar-refractivity contribution in [2.75, 3.05) is 34.5 Å². The van der Waals surface area contributed by atoms with E-state index in [-0.39, 0.29) is 60.9 Å². The average Bonchev–Trinajstić information content (AvgIpc) is 3.39. The molecule has 0 unspecified atom stereocenters. The molecular formula is C60H89NO13. The van der Waals surface area contributed by atoms with Gasteiger partial charge in [-0.25, -0.2) is 4.79 Å². The van der Waals surface area contributed by atoms with E-state index in [1.165, 1.54) is 17.6 Å². The molecule has 0 radical (unpaired) electrons. The number of benzene rings is 1. The molecule has 1 amide bonds. The lowest BCUT2D eigenvalue weighted by Gasteiger charge is -2.42. The molecule has 2 N–H and O–H groups in total. The monoisotopic (exact) mass is 1030 g/mol. The van der Waals surface area contributed by atoms with E-state index in [1.54, 1.807) is 41.1 Å². The summed E-state index contributed by atoms with van der Waals surface area (Å²) in [5.41, 5.74) is 2.55. The number of ketones is 3. The molecule has 74 heavy (non-hydrogen) atoms. The number of ether oxygens (including phenoxy) is 6. The Morgan fingerprint density at radius 3 is 2.27 bits per heavy atom. The zero-order valence-electron chi connectivity index (χ0n) is 46.1. The lowest BCUT2D eigenvalue weighted by atomic mass is 9.78. The first-order valence-corrected chi connectivity index (χ1v) is 27.5. The number of carbonyl (C=O) groups excluding carboxylic acids is 5. The second-order valence-corrected chi connectivity index (χ2v) is 22.0. The number of esters is 1. The highest BCUT2D eigenvalue weighted by molar-refractivity contribution is 6.39. The van der Waals surface area contributed by atoms with Crippen LogP contribution in [0.3, 0.4) is 0 Å². The molecule has 1 aromatic carbocycles. The molecule has 14 heteroatoms. The molecule has 2 bridgehead atoms. The van der Waals surface area contributed by atoms with Crippen molar-refractivity contribution in [3.8, 4) is 0 Å². The minimum absolute atomic E-state index is 0.0190. The molecule has 1 aliphatic carbocycles. The Morgan fingerprint density at radius 1 is 0.824 bits per heavy atom. The largest absolute Gasteiger partial charge is 0.460 e. The highest BCUT2D eigenvalue weighted by Crippen LogP contribution is 2.38. The highest BCUT2D eigenvalue weighted by atomic mass is 16.6. The van der Waals surface area contributed by atoms with E-state index in [2.05, 4.69) is 12.1 Å². The standard InChI is InChI=1S/C60H89NO13/c1-38-20-13-11-14-21-39(2)51(69-8)36-47-28-26-44(7)60(68,74-47)57(65)58(66)61-30-18-17-25-48(61)59(67)73-52(37-49(62)40(3)33-43(6)55(64)56(71-10)54(63)42(5)32-38)41(4)34-46-27-29-50(53(35-46)70-9)72-31-19-24-45-22-15-12-16-23-45/h11-16,20-23,33,38,40-42,44,46-48,50-53,55-56,64,68H,17-19,24-32,34-37H2,1-10H3/b14-11?,20-13+,39-21?,43-33+/t38-,40-,41-,42-,44-,46+,47+,48+,50-,51+,52+,53-,55-,56+,60-/m1/s1. The third-order valence-corrected chi connectivity index (χ3v) is 16.2. The lowest BCUT2D eigenvalue weighted by molar-refractivity contribution is -0.265. The molecule has 0 spiro atoms. The number of allylic oxidation sites excluding steroid dienone is 6. The van der Waals surface area contributed by atoms with Crippen LogP contribution < -0.4 is 0 Å². The molecular weight excluding hydrogens is 943 g/mol. The second-order valence-electron chi connectivity index (χ2n) is 22.0. The maximum atomic E-state index is 14.6. The van der Waals surface area contributed by atoms with Gasteiger partial charge in [0.1, 0.15) is 30.1 Å². The van der Waals surface area contributed by atoms with Crippen molar-refractivity contribution in [3.05, 3.63) is 83.5 Å². The Bertz CT molecular complexity index is 2120. The number of fused-ring (bicyclic) bond motifs is 3. The number of hydrogen-bond donors (Lipinski definition) is 2. The maximum Gasteiger partial charge on any atom is 0.329 e. The number of aliphatic hydroxyl groups is 2. The van der Waals surface area contributed by atoms with Gasteiger partial charge in [0, 0.05) is 65.1 Å². The van der Waals surface area contributed by atoms with Gasteiger partial charge >= 0.3 is 5.97 Å². The van der Waals surface area contributed by atoms with Crippen LogP contribution in [-0.4, -0.2) is 133 Å². The minimum Gasteiger partial charge on any atom is -0.460 e. The summed E-state index contributed by atoms with van der Waals surface area (Å²) in [5.74, 6) is -7.80. The van der Waals surface area contributed by atoms with Gasteiger partial charge in [-0.15, -0.1) is 0 Å². The molecule has 2 saturated heterocycles. The number of rotatable bonds is 11. The van der Waals surface area contributed by atoms with Gasteiger partial charge < -0.3 is 43.5 Å². The quantitative estimate of drug-likeness (QED) is 0.0929. The Balaban J connectivity index is 1.41. The topological polar surface area (TPSA) is 184 Å². The van der Waals surface area contributed by atoms with Crippen LogP contribution in [0, 0.1) is 35.5 Å². The van der Waals surface area contributed by atoms with Crippen molar-refractivity contribution in [2.45, 2.75) is 193 Å². The van der Waals surface area contributed by atoms with Gasteiger partial charge in [0.25, 0.3) is 11.7 Å². The van der Waals surface area contributed by atoms with Crippen molar-refractivity contribution in [1.82, 2.24) is 4.90 Å². The summed E-state index contributed by atoms with van der Waals surface area (Å²) in [6.07, 6.45) is 14.4. The Labute approximate surface area is 441 Å². The number of carbonyl (C=O) groups is 5. The van der Waals surface area contributed by atoms with E-state index >= 15 is 0 Å². The molecule has 1 aromatic rings. The van der Waals surface area contributed by atoms with Crippen LogP contribution in [-0.2, 0) is 58.8 Å². The van der Waals surface area contributed by atoms with Gasteiger partial charge in [0.15, 0.2) is 5.78 Å². The molecule has 0 aromatic heterocycles. The average molecular weight is 1030 g/mol. The van der Waals surface area contributed by atoms with Gasteiger partial charge in [-0.1, -0.05) is 101 Å². The smallest absolute Gasteiger partial charge is 0.329 e. The SMILES string of the molecule is CO[C@H]1C[C@@H]2CC[C@@H](C)[C@@](O)(O2)C(=O)C(=O)N2CCCC[C@H]2C(=O)O[C@H]([C@H](C)C[C@@H]2CC[C@@H](OCCCc3ccccc3)[C@H](OC)C2)CC(=O)[C@H](C)/C=C(\C)[C@@H](O)[C@@H](OC)C(=O)[C@H](C)C[C@H](C)/C=C/C=CC=C1C. The molecule has 4 aliphatic rings. The van der Waals surface area contributed by atoms with Crippen molar-refractivity contribution >= 4 is 29.2 Å². The van der Waals surface area contributed by atoms with Crippen LogP contribution in [0.1, 0.15) is 138 Å². The number of aryl methyl sites for hydroxylation is 1. The first-order valence-electron chi connectivity index (χ1n) is 27.5. The first kappa shape index (κ1) is 60.7. The summed E-state index contributed by atoms with van der Waals surface area (Å²) in [5, 5.41) is 23.6. The third-order valence-electron chi connectivity index (χ3n) is 16.2. The van der Waals surface area contributed by atoms with E-state index in [1.807, 2.05) is 76.3 Å². The number of methoxy groups -OCH3 is 3. The van der Waals surface area contributed by atoms with Crippen LogP contribution in [0.4, 0.5) is 0 Å². The van der Waals surface area contributed by atoms with Crippen LogP contribution in [0.25, 0.3) is 0 Å². The zero-order chi connectivity index (χ0) is 54.1. The van der Waals surface area contributed by atoms with Crippen molar-refractivity contribution in [3.63, 3.8) is 0 Å². The normalized spacial score (nSPS) is 35.8. The van der Waals surface area contributed by atoms with Crippen LogP contribution >= 0.6 is 0 Å². The highest BCUT2D eigenvalue weighted by Gasteiger charge is 2.53. The summed E-state index contributed by atoms with van der Waals surface area (Å²) < 4.78 is 36.4. The number of Topliss-reactive ketones (excluding diaryl/α,β-unsaturated/α-hetero) is 3. The van der Waals surface area contributed by atoms with Gasteiger partial charge in [0.05, 0.1) is 24.4 Å². The van der Waals surface area contributed by atoms with E-state index in [0.717, 1.165) is 37.7 Å². The second kappa shape index (κ2) is 29.4. The maximum absolute atomic E-state index is 14.6. The summed E-state index contributed by atoms with van der Waals surface area (Å²) in [6, 6.07) is 9.19. The van der Waals surface area contributed by atoms with E-state index < -0.39 is 77.8 Å². The predicted molar refractivity (Wildman–Crippen MR) is 284 cm³/mol. The molecule has 14 nitrogen and oxygen atoms in total. The van der Waals surface area contributed by atoms with Gasteiger partial charge in [-0.2, -0.15) is 0 Å². The van der Waals surface area contributed by atoms with Crippen molar-refractivity contribution in [1.29, 1.82) is 0 Å². The van der Waals surface area contributed by atoms with Gasteiger partial charge in [0.2, 0.25) is 5.79 Å². The number of aliphatic hydroxyl groups excluding tert-OH is 1. The molecule has 5 rings (SSSR count). The van der Waals surface area contributed by atoms with E-state index in [9.17, 15) is 34.2 Å². The first-order chi connectivity index (χ1) is 35.3. The molecule has 1 saturated carbocycles. The van der Waals surface area contributed by atoms with Crippen LogP contribution in [0.2, 0.25) is 0 Å². The number of cyclic esters (lactones) is 1. The van der Waals surface area contributed by atoms with Crippen molar-refractivity contribution in [2.24, 2.45) is 35.5 Å². The fourth-order valence-corrected chi connectivity index (χ4v) is 11.4. The molecule has 412 valence electrons. The fourth-order valence-electron chi connectivity index (χ4n) is 11.4. The summed E-state index contributed by atoms with van der Waals surface area (Å²) in [6.45, 7) is 13.5. The minimum atomic E-state index is -2.43. The van der Waals surface area contributed by atoms with Crippen LogP contribution in [0.5, 0.6) is 0 Å². The van der Waals surface area contributed by atoms with Gasteiger partial charge in [-0.3, -0.25) is 19.2 Å². The number of amides is 1. The van der Waals surface area contributed by atoms with Gasteiger partial charge in [-0.05, 0) is 125 Å². The van der Waals surface area contributed by atoms with E-state index in [0.29, 0.717) is 57.1 Å². The Morgan fingerprint density at radius 2 is 1.57 bits per heavy atom. The molecule has 3 heterocycles. The zero-order valence-corrected chi connectivity index (χ0v) is 46.1. The molecule has 3 fully saturated rings. The predicted octanol–water partition coefficient (Wildman–Crippen LogP) is 8.84. The summed E-state index contributed by atoms with van der Waals surface area (Å²) in [4.78, 5) is 72.7. The van der Waals surface area contributed by atoms with Crippen LogP contribution in [0.15, 0.2) is 77.9 Å². The number of piperidine rings is 1. The Kier molecular flexibility index (Phi) is 24.1. The number of hydrogen-bond acceptors (Lipinski definition) is 13. The number of nitrogens with zero attached hydrogens (tertiary/aromatic N) is 1. The van der Waals surface area contributed by atoms with E-state index in [4.69, 9.17) is 28.4 Å². The lowest BCUT2D eigenvalue weighted by Crippen LogP contribution is -2.61. The third kappa shape index (κ3) is 16.7. The molecule has 3 aliphatic heterocycles. The molecule has 15 atom stereocenters. The summed E-state index contributed by atoms with van der Waals surface area (Å²) in [7, 11) is 4.68. The van der Waals surface area contributed by atoms with Crippen molar-refractivity contribution < 1.29 is 62.6 Å². The summed E-state index contributed by atoms with van der Waals surface area (Å²) >= 11 is 0. The Hall–Kier alpha value is -4.15. The fraction of sp³-hybridized carbons (Fsp3) is 0.683.